The van der Waals surface area contributed by atoms with Crippen LogP contribution in [0.2, 0.25) is 0 Å². The van der Waals surface area contributed by atoms with Gasteiger partial charge in [0.1, 0.15) is 0 Å². The number of halogens is 1. The molecule has 3 N–H and O–H groups in total. The number of rotatable bonds is 5. The summed E-state index contributed by atoms with van der Waals surface area (Å²) < 4.78 is 0. The van der Waals surface area contributed by atoms with Crippen LogP contribution in [-0.4, -0.2) is 18.5 Å². The van der Waals surface area contributed by atoms with Gasteiger partial charge in [0, 0.05) is 6.54 Å². The van der Waals surface area contributed by atoms with Gasteiger partial charge in [-0.25, -0.2) is 0 Å². The van der Waals surface area contributed by atoms with E-state index >= 15 is 0 Å². The fourth-order valence-electron chi connectivity index (χ4n) is 3.00. The van der Waals surface area contributed by atoms with Gasteiger partial charge in [-0.1, -0.05) is 44.2 Å². The van der Waals surface area contributed by atoms with Gasteiger partial charge in [-0.2, -0.15) is 0 Å². The molecule has 1 aliphatic carbocycles. The van der Waals surface area contributed by atoms with Crippen molar-refractivity contribution < 1.29 is 4.79 Å². The molecule has 1 aromatic carbocycles. The van der Waals surface area contributed by atoms with Crippen LogP contribution >= 0.6 is 12.4 Å². The molecule has 2 rings (SSSR count). The predicted molar refractivity (Wildman–Crippen MR) is 94.1 cm³/mol. The normalized spacial score (nSPS) is 19.0. The van der Waals surface area contributed by atoms with Crippen molar-refractivity contribution >= 4 is 18.3 Å². The number of hydrogen-bond donors (Lipinski definition) is 2. The Kier molecular flexibility index (Phi) is 7.37. The molecule has 1 atom stereocenters. The molecule has 1 aliphatic rings. The molecule has 1 saturated carbocycles. The van der Waals surface area contributed by atoms with Crippen LogP contribution in [0.15, 0.2) is 30.3 Å². The molecular weight excluding hydrogens is 296 g/mol. The highest BCUT2D eigenvalue weighted by Gasteiger charge is 2.27. The molecule has 1 fully saturated rings. The third kappa shape index (κ3) is 5.98. The van der Waals surface area contributed by atoms with E-state index < -0.39 is 6.04 Å². The van der Waals surface area contributed by atoms with Gasteiger partial charge in [0.15, 0.2) is 0 Å². The molecule has 22 heavy (non-hydrogen) atoms. The Hall–Kier alpha value is -1.06. The summed E-state index contributed by atoms with van der Waals surface area (Å²) in [5.41, 5.74) is 7.58. The van der Waals surface area contributed by atoms with Gasteiger partial charge in [0.25, 0.3) is 0 Å². The Balaban J connectivity index is 0.00000242. The lowest BCUT2D eigenvalue weighted by molar-refractivity contribution is -0.122. The van der Waals surface area contributed by atoms with E-state index in [1.54, 1.807) is 0 Å². The van der Waals surface area contributed by atoms with Crippen molar-refractivity contribution in [3.8, 4) is 0 Å². The van der Waals surface area contributed by atoms with Gasteiger partial charge in [0.2, 0.25) is 5.91 Å². The molecule has 0 radical (unpaired) electrons. The predicted octanol–water partition coefficient (Wildman–Crippen LogP) is 3.31. The molecule has 0 unspecified atom stereocenters. The molecule has 0 bridgehead atoms. The van der Waals surface area contributed by atoms with Crippen LogP contribution in [0.3, 0.4) is 0 Å². The van der Waals surface area contributed by atoms with E-state index in [-0.39, 0.29) is 18.3 Å². The number of hydrogen-bond acceptors (Lipinski definition) is 2. The number of carbonyl (C=O) groups is 1. The second-order valence-electron chi connectivity index (χ2n) is 7.15. The maximum atomic E-state index is 12.1. The van der Waals surface area contributed by atoms with Crippen LogP contribution in [0.4, 0.5) is 0 Å². The summed E-state index contributed by atoms with van der Waals surface area (Å²) in [4.78, 5) is 12.1. The monoisotopic (exact) mass is 324 g/mol. The number of amides is 1. The molecule has 0 aliphatic heterocycles. The summed E-state index contributed by atoms with van der Waals surface area (Å²) in [6.07, 6.45) is 5.53. The summed E-state index contributed by atoms with van der Waals surface area (Å²) >= 11 is 0. The van der Waals surface area contributed by atoms with Crippen molar-refractivity contribution in [2.75, 3.05) is 6.54 Å². The smallest absolute Gasteiger partial charge is 0.237 e. The quantitative estimate of drug-likeness (QED) is 0.873. The molecule has 0 spiro atoms. The zero-order chi connectivity index (χ0) is 15.3. The number of nitrogens with two attached hydrogens (primary N) is 1. The minimum atomic E-state index is -0.451. The van der Waals surface area contributed by atoms with E-state index in [1.165, 1.54) is 25.7 Å². The van der Waals surface area contributed by atoms with Gasteiger partial charge < -0.3 is 11.1 Å². The van der Waals surface area contributed by atoms with Gasteiger partial charge >= 0.3 is 0 Å². The first-order valence-corrected chi connectivity index (χ1v) is 8.03. The number of carbonyl (C=O) groups excluding carboxylic acids is 1. The average molecular weight is 325 g/mol. The first kappa shape index (κ1) is 19.0. The van der Waals surface area contributed by atoms with Crippen molar-refractivity contribution in [1.82, 2.24) is 5.32 Å². The summed E-state index contributed by atoms with van der Waals surface area (Å²) in [6, 6.07) is 9.49. The lowest BCUT2D eigenvalue weighted by Crippen LogP contribution is -2.44. The standard InChI is InChI=1S/C18H28N2O.ClH/c1-18(2)10-8-15(9-11-18)13-20-17(21)16(19)12-14-6-4-3-5-7-14;/h3-7,15-16H,8-13,19H2,1-2H3,(H,20,21);1H/t16-;/m0./s1. The second-order valence-corrected chi connectivity index (χ2v) is 7.15. The van der Waals surface area contributed by atoms with Crippen molar-refractivity contribution in [3.05, 3.63) is 35.9 Å². The average Bonchev–Trinajstić information content (AvgIpc) is 2.47. The Morgan fingerprint density at radius 2 is 1.86 bits per heavy atom. The molecule has 0 saturated heterocycles. The topological polar surface area (TPSA) is 55.1 Å². The van der Waals surface area contributed by atoms with Gasteiger partial charge in [-0.15, -0.1) is 12.4 Å². The van der Waals surface area contributed by atoms with Crippen LogP contribution in [0, 0.1) is 11.3 Å². The number of nitrogens with one attached hydrogen (secondary N) is 1. The van der Waals surface area contributed by atoms with Crippen LogP contribution < -0.4 is 11.1 Å². The Bertz CT molecular complexity index is 451. The van der Waals surface area contributed by atoms with Crippen LogP contribution in [0.25, 0.3) is 0 Å². The van der Waals surface area contributed by atoms with Crippen molar-refractivity contribution in [3.63, 3.8) is 0 Å². The molecular formula is C18H29ClN2O. The van der Waals surface area contributed by atoms with Crippen LogP contribution in [0.5, 0.6) is 0 Å². The molecule has 0 aromatic heterocycles. The highest BCUT2D eigenvalue weighted by Crippen LogP contribution is 2.37. The summed E-state index contributed by atoms with van der Waals surface area (Å²) in [7, 11) is 0. The van der Waals surface area contributed by atoms with E-state index in [0.717, 1.165) is 12.1 Å². The summed E-state index contributed by atoms with van der Waals surface area (Å²) in [5.74, 6) is 0.592. The fraction of sp³-hybridized carbons (Fsp3) is 0.611. The highest BCUT2D eigenvalue weighted by molar-refractivity contribution is 5.85. The zero-order valence-electron chi connectivity index (χ0n) is 13.7. The minimum absolute atomic E-state index is 0. The zero-order valence-corrected chi connectivity index (χ0v) is 14.5. The molecule has 3 nitrogen and oxygen atoms in total. The van der Waals surface area contributed by atoms with Gasteiger partial charge in [0.05, 0.1) is 6.04 Å². The lowest BCUT2D eigenvalue weighted by atomic mass is 9.73. The second kappa shape index (κ2) is 8.54. The Morgan fingerprint density at radius 3 is 2.45 bits per heavy atom. The molecule has 124 valence electrons. The number of benzene rings is 1. The lowest BCUT2D eigenvalue weighted by Gasteiger charge is -2.34. The third-order valence-electron chi connectivity index (χ3n) is 4.66. The first-order chi connectivity index (χ1) is 9.96. The molecule has 0 heterocycles. The van der Waals surface area contributed by atoms with Crippen LogP contribution in [-0.2, 0) is 11.2 Å². The van der Waals surface area contributed by atoms with E-state index in [4.69, 9.17) is 5.73 Å². The minimum Gasteiger partial charge on any atom is -0.354 e. The summed E-state index contributed by atoms with van der Waals surface area (Å²) in [6.45, 7) is 5.44. The SMILES string of the molecule is CC1(C)CCC(CNC(=O)[C@@H](N)Cc2ccccc2)CC1.Cl. The molecule has 1 aromatic rings. The highest BCUT2D eigenvalue weighted by atomic mass is 35.5. The Morgan fingerprint density at radius 1 is 1.27 bits per heavy atom. The largest absolute Gasteiger partial charge is 0.354 e. The molecule has 1 amide bonds. The van der Waals surface area contributed by atoms with E-state index in [1.807, 2.05) is 30.3 Å². The fourth-order valence-corrected chi connectivity index (χ4v) is 3.00. The van der Waals surface area contributed by atoms with Gasteiger partial charge in [-0.05, 0) is 49.0 Å². The van der Waals surface area contributed by atoms with E-state index in [2.05, 4.69) is 19.2 Å². The maximum absolute atomic E-state index is 12.1. The Labute approximate surface area is 140 Å². The van der Waals surface area contributed by atoms with E-state index in [0.29, 0.717) is 17.8 Å². The van der Waals surface area contributed by atoms with E-state index in [9.17, 15) is 4.79 Å². The van der Waals surface area contributed by atoms with Crippen molar-refractivity contribution in [2.45, 2.75) is 52.0 Å². The molecule has 4 heteroatoms. The summed E-state index contributed by atoms with van der Waals surface area (Å²) in [5, 5.41) is 3.04. The van der Waals surface area contributed by atoms with Gasteiger partial charge in [-0.3, -0.25) is 4.79 Å². The van der Waals surface area contributed by atoms with Crippen molar-refractivity contribution in [2.24, 2.45) is 17.1 Å². The maximum Gasteiger partial charge on any atom is 0.237 e. The third-order valence-corrected chi connectivity index (χ3v) is 4.66. The van der Waals surface area contributed by atoms with Crippen LogP contribution in [0.1, 0.15) is 45.1 Å². The first-order valence-electron chi connectivity index (χ1n) is 8.03. The van der Waals surface area contributed by atoms with Crippen molar-refractivity contribution in [1.29, 1.82) is 0 Å².